The molecule has 1 amide bonds. The number of carbonyl (C=O) groups excluding carboxylic acids is 1. The Labute approximate surface area is 118 Å². The van der Waals surface area contributed by atoms with Crippen LogP contribution in [-0.4, -0.2) is 66.6 Å². The molecule has 1 unspecified atom stereocenters. The normalized spacial score (nSPS) is 18.1. The maximum absolute atomic E-state index is 11.6. The first-order chi connectivity index (χ1) is 9.39. The van der Waals surface area contributed by atoms with Crippen LogP contribution in [0.5, 0.6) is 0 Å². The van der Waals surface area contributed by atoms with E-state index < -0.39 is 23.6 Å². The van der Waals surface area contributed by atoms with Crippen molar-refractivity contribution in [1.82, 2.24) is 10.2 Å². The standard InChI is InChI=1S/C13H22N2O5/c1-4-7-20-12(18)14-10(11(16)17)13(2,3)15-5-8-19-9-6-15/h4,10H,1,5-9H2,2-3H3,(H,14,18)(H,16,17). The molecule has 1 fully saturated rings. The molecular formula is C13H22N2O5. The second-order valence-electron chi connectivity index (χ2n) is 5.06. The predicted octanol–water partition coefficient (Wildman–Crippen LogP) is 0.463. The Morgan fingerprint density at radius 1 is 1.50 bits per heavy atom. The topological polar surface area (TPSA) is 88.1 Å². The zero-order chi connectivity index (χ0) is 15.2. The lowest BCUT2D eigenvalue weighted by molar-refractivity contribution is -0.144. The van der Waals surface area contributed by atoms with Crippen molar-refractivity contribution in [2.24, 2.45) is 0 Å². The molecule has 0 saturated carbocycles. The Hall–Kier alpha value is -1.60. The summed E-state index contributed by atoms with van der Waals surface area (Å²) < 4.78 is 10.0. The molecule has 114 valence electrons. The third-order valence-electron chi connectivity index (χ3n) is 3.37. The molecule has 20 heavy (non-hydrogen) atoms. The van der Waals surface area contributed by atoms with Gasteiger partial charge in [-0.15, -0.1) is 0 Å². The summed E-state index contributed by atoms with van der Waals surface area (Å²) in [6, 6.07) is -1.07. The molecule has 2 N–H and O–H groups in total. The number of nitrogens with zero attached hydrogens (tertiary/aromatic N) is 1. The molecule has 0 aromatic rings. The minimum Gasteiger partial charge on any atom is -0.480 e. The average molecular weight is 286 g/mol. The first-order valence-electron chi connectivity index (χ1n) is 6.49. The Kier molecular flexibility index (Phi) is 5.97. The molecule has 0 aliphatic carbocycles. The smallest absolute Gasteiger partial charge is 0.408 e. The Morgan fingerprint density at radius 3 is 2.60 bits per heavy atom. The second kappa shape index (κ2) is 7.25. The van der Waals surface area contributed by atoms with Crippen LogP contribution in [0.4, 0.5) is 4.79 Å². The van der Waals surface area contributed by atoms with Crippen molar-refractivity contribution in [3.8, 4) is 0 Å². The zero-order valence-corrected chi connectivity index (χ0v) is 11.9. The lowest BCUT2D eigenvalue weighted by Crippen LogP contribution is -2.64. The molecule has 0 bridgehead atoms. The van der Waals surface area contributed by atoms with Crippen molar-refractivity contribution in [2.45, 2.75) is 25.4 Å². The molecule has 0 radical (unpaired) electrons. The number of hydrogen-bond acceptors (Lipinski definition) is 5. The fourth-order valence-corrected chi connectivity index (χ4v) is 2.16. The third kappa shape index (κ3) is 4.21. The number of carboxylic acids is 1. The number of ether oxygens (including phenoxy) is 2. The molecule has 0 aromatic carbocycles. The van der Waals surface area contributed by atoms with Crippen LogP contribution in [0.3, 0.4) is 0 Å². The molecule has 0 aromatic heterocycles. The summed E-state index contributed by atoms with van der Waals surface area (Å²) in [5, 5.41) is 11.8. The van der Waals surface area contributed by atoms with E-state index in [1.165, 1.54) is 6.08 Å². The van der Waals surface area contributed by atoms with Crippen LogP contribution in [0, 0.1) is 0 Å². The fourth-order valence-electron chi connectivity index (χ4n) is 2.16. The molecular weight excluding hydrogens is 264 g/mol. The van der Waals surface area contributed by atoms with E-state index in [1.807, 2.05) is 4.90 Å². The van der Waals surface area contributed by atoms with E-state index in [2.05, 4.69) is 11.9 Å². The first kappa shape index (κ1) is 16.5. The van der Waals surface area contributed by atoms with E-state index >= 15 is 0 Å². The zero-order valence-electron chi connectivity index (χ0n) is 11.9. The van der Waals surface area contributed by atoms with Gasteiger partial charge in [0.25, 0.3) is 0 Å². The molecule has 7 nitrogen and oxygen atoms in total. The lowest BCUT2D eigenvalue weighted by atomic mass is 9.92. The fraction of sp³-hybridized carbons (Fsp3) is 0.692. The highest BCUT2D eigenvalue weighted by molar-refractivity contribution is 5.81. The van der Waals surface area contributed by atoms with Crippen LogP contribution in [0.2, 0.25) is 0 Å². The summed E-state index contributed by atoms with van der Waals surface area (Å²) in [6.45, 7) is 9.38. The van der Waals surface area contributed by atoms with Crippen molar-refractivity contribution >= 4 is 12.1 Å². The van der Waals surface area contributed by atoms with E-state index in [0.717, 1.165) is 0 Å². The van der Waals surface area contributed by atoms with Crippen molar-refractivity contribution in [1.29, 1.82) is 0 Å². The molecule has 0 spiro atoms. The molecule has 1 heterocycles. The van der Waals surface area contributed by atoms with E-state index in [9.17, 15) is 14.7 Å². The Morgan fingerprint density at radius 2 is 2.10 bits per heavy atom. The van der Waals surface area contributed by atoms with Gasteiger partial charge in [-0.3, -0.25) is 4.90 Å². The molecule has 1 saturated heterocycles. The van der Waals surface area contributed by atoms with Gasteiger partial charge in [0, 0.05) is 18.6 Å². The van der Waals surface area contributed by atoms with Crippen LogP contribution in [0.1, 0.15) is 13.8 Å². The monoisotopic (exact) mass is 286 g/mol. The number of morpholine rings is 1. The highest BCUT2D eigenvalue weighted by atomic mass is 16.5. The van der Waals surface area contributed by atoms with E-state index in [-0.39, 0.29) is 6.61 Å². The van der Waals surface area contributed by atoms with Gasteiger partial charge in [-0.2, -0.15) is 0 Å². The number of carbonyl (C=O) groups is 2. The number of rotatable bonds is 6. The van der Waals surface area contributed by atoms with Crippen LogP contribution in [0.15, 0.2) is 12.7 Å². The van der Waals surface area contributed by atoms with Gasteiger partial charge in [-0.1, -0.05) is 12.7 Å². The van der Waals surface area contributed by atoms with Gasteiger partial charge in [-0.25, -0.2) is 9.59 Å². The van der Waals surface area contributed by atoms with Gasteiger partial charge in [0.15, 0.2) is 0 Å². The van der Waals surface area contributed by atoms with Crippen LogP contribution in [0.25, 0.3) is 0 Å². The molecule has 1 aliphatic heterocycles. The highest BCUT2D eigenvalue weighted by Gasteiger charge is 2.41. The Balaban J connectivity index is 2.74. The minimum absolute atomic E-state index is 0.0379. The SMILES string of the molecule is C=CCOC(=O)NC(C(=O)O)C(C)(C)N1CCOCC1. The van der Waals surface area contributed by atoms with Gasteiger partial charge in [0.2, 0.25) is 0 Å². The summed E-state index contributed by atoms with van der Waals surface area (Å²) >= 11 is 0. The summed E-state index contributed by atoms with van der Waals surface area (Å²) in [5.41, 5.74) is -0.747. The quantitative estimate of drug-likeness (QED) is 0.690. The van der Waals surface area contributed by atoms with Gasteiger partial charge in [0.1, 0.15) is 12.6 Å². The number of alkyl carbamates (subject to hydrolysis) is 1. The third-order valence-corrected chi connectivity index (χ3v) is 3.37. The molecule has 1 atom stereocenters. The van der Waals surface area contributed by atoms with Crippen molar-refractivity contribution in [3.05, 3.63) is 12.7 Å². The number of amides is 1. The largest absolute Gasteiger partial charge is 0.480 e. The predicted molar refractivity (Wildman–Crippen MR) is 72.6 cm³/mol. The van der Waals surface area contributed by atoms with Crippen molar-refractivity contribution < 1.29 is 24.2 Å². The first-order valence-corrected chi connectivity index (χ1v) is 6.49. The number of hydrogen-bond donors (Lipinski definition) is 2. The van der Waals surface area contributed by atoms with Gasteiger partial charge in [-0.05, 0) is 13.8 Å². The summed E-state index contributed by atoms with van der Waals surface area (Å²) in [4.78, 5) is 25.0. The van der Waals surface area contributed by atoms with Gasteiger partial charge >= 0.3 is 12.1 Å². The van der Waals surface area contributed by atoms with Gasteiger partial charge in [0.05, 0.1) is 13.2 Å². The van der Waals surface area contributed by atoms with Crippen molar-refractivity contribution in [3.63, 3.8) is 0 Å². The van der Waals surface area contributed by atoms with E-state index in [4.69, 9.17) is 9.47 Å². The lowest BCUT2D eigenvalue weighted by Gasteiger charge is -2.43. The second-order valence-corrected chi connectivity index (χ2v) is 5.06. The number of carboxylic acid groups (broad SMARTS) is 1. The van der Waals surface area contributed by atoms with E-state index in [1.54, 1.807) is 13.8 Å². The minimum atomic E-state index is -1.10. The number of nitrogens with one attached hydrogen (secondary N) is 1. The van der Waals surface area contributed by atoms with Crippen LogP contribution >= 0.6 is 0 Å². The van der Waals surface area contributed by atoms with Crippen LogP contribution < -0.4 is 5.32 Å². The van der Waals surface area contributed by atoms with Crippen molar-refractivity contribution in [2.75, 3.05) is 32.9 Å². The molecule has 1 rings (SSSR count). The number of aliphatic carboxylic acids is 1. The van der Waals surface area contributed by atoms with Crippen LogP contribution in [-0.2, 0) is 14.3 Å². The highest BCUT2D eigenvalue weighted by Crippen LogP contribution is 2.21. The maximum atomic E-state index is 11.6. The molecule has 1 aliphatic rings. The summed E-state index contributed by atoms with van der Waals surface area (Å²) in [7, 11) is 0. The summed E-state index contributed by atoms with van der Waals surface area (Å²) in [6.07, 6.45) is 0.654. The van der Waals surface area contributed by atoms with Gasteiger partial charge < -0.3 is 19.9 Å². The maximum Gasteiger partial charge on any atom is 0.408 e. The summed E-state index contributed by atoms with van der Waals surface area (Å²) in [5.74, 6) is -1.10. The Bertz CT molecular complexity index is 364. The van der Waals surface area contributed by atoms with E-state index in [0.29, 0.717) is 26.3 Å². The molecule has 7 heteroatoms. The average Bonchev–Trinajstić information content (AvgIpc) is 2.43.